The first-order valence-electron chi connectivity index (χ1n) is 13.9. The van der Waals surface area contributed by atoms with E-state index in [4.69, 9.17) is 29.4 Å². The normalized spacial score (nSPS) is 13.0. The molecule has 234 valence electrons. The number of benzene rings is 2. The van der Waals surface area contributed by atoms with Crippen molar-refractivity contribution in [1.29, 1.82) is 0 Å². The maximum absolute atomic E-state index is 14.4. The van der Waals surface area contributed by atoms with Crippen molar-refractivity contribution in [1.82, 2.24) is 14.9 Å². The summed E-state index contributed by atoms with van der Waals surface area (Å²) in [5, 5.41) is 3.19. The van der Waals surface area contributed by atoms with Crippen LogP contribution in [-0.2, 0) is 4.74 Å². The third kappa shape index (κ3) is 8.20. The fourth-order valence-electron chi connectivity index (χ4n) is 4.43. The SMILES string of the molecule is CNc1cc(F)c(Oc2ccnc3cc(OCCCN4CCOCC4)c(OC)cc23)cc1F.COc1cc(N)ncc1C=O. The van der Waals surface area contributed by atoms with Gasteiger partial charge in [-0.05, 0) is 18.6 Å². The van der Waals surface area contributed by atoms with Crippen molar-refractivity contribution in [3.05, 3.63) is 66.0 Å². The summed E-state index contributed by atoms with van der Waals surface area (Å²) < 4.78 is 55.9. The first kappa shape index (κ1) is 32.2. The number of carbonyl (C=O) groups excluding carboxylic acids is 1. The number of aldehydes is 1. The third-order valence-electron chi connectivity index (χ3n) is 6.74. The van der Waals surface area contributed by atoms with Crippen LogP contribution < -0.4 is 30.0 Å². The quantitative estimate of drug-likeness (QED) is 0.177. The molecule has 0 radical (unpaired) electrons. The standard InChI is InChI=1S/C24H27F2N3O4.C7H8N2O2/c1-27-20-13-18(26)22(14-17(20)25)33-21-4-5-28-19-15-24(23(30-2)12-16(19)21)32-9-3-6-29-7-10-31-11-8-29;1-11-6-2-7(8)9-3-5(6)4-10/h4-5,12-15,27H,3,6-11H2,1-2H3;2-4H,1H3,(H2,8,9). The van der Waals surface area contributed by atoms with Crippen molar-refractivity contribution in [2.24, 2.45) is 0 Å². The van der Waals surface area contributed by atoms with E-state index in [9.17, 15) is 13.6 Å². The van der Waals surface area contributed by atoms with Crippen LogP contribution >= 0.6 is 0 Å². The maximum atomic E-state index is 14.4. The van der Waals surface area contributed by atoms with E-state index >= 15 is 0 Å². The maximum Gasteiger partial charge on any atom is 0.167 e. The van der Waals surface area contributed by atoms with Crippen LogP contribution in [0.2, 0.25) is 0 Å². The summed E-state index contributed by atoms with van der Waals surface area (Å²) in [6, 6.07) is 8.65. The van der Waals surface area contributed by atoms with Crippen LogP contribution in [0.5, 0.6) is 28.7 Å². The second kappa shape index (κ2) is 15.6. The Morgan fingerprint density at radius 3 is 2.45 bits per heavy atom. The van der Waals surface area contributed by atoms with E-state index in [0.29, 0.717) is 58.2 Å². The average molecular weight is 612 g/mol. The minimum absolute atomic E-state index is 0.0523. The molecule has 1 fully saturated rings. The van der Waals surface area contributed by atoms with E-state index in [1.54, 1.807) is 31.5 Å². The number of pyridine rings is 2. The highest BCUT2D eigenvalue weighted by atomic mass is 19.1. The third-order valence-corrected chi connectivity index (χ3v) is 6.74. The van der Waals surface area contributed by atoms with Crippen LogP contribution in [0.4, 0.5) is 20.3 Å². The van der Waals surface area contributed by atoms with Gasteiger partial charge in [-0.3, -0.25) is 14.7 Å². The summed E-state index contributed by atoms with van der Waals surface area (Å²) in [7, 11) is 4.54. The molecular weight excluding hydrogens is 576 g/mol. The van der Waals surface area contributed by atoms with E-state index in [1.165, 1.54) is 26.4 Å². The van der Waals surface area contributed by atoms with E-state index in [1.807, 2.05) is 0 Å². The topological polar surface area (TPSA) is 130 Å². The van der Waals surface area contributed by atoms with Crippen molar-refractivity contribution in [3.8, 4) is 28.7 Å². The summed E-state index contributed by atoms with van der Waals surface area (Å²) in [5.41, 5.74) is 6.39. The highest BCUT2D eigenvalue weighted by Gasteiger charge is 2.16. The number of ether oxygens (including phenoxy) is 5. The number of hydrogen-bond acceptors (Lipinski definition) is 11. The molecule has 44 heavy (non-hydrogen) atoms. The Morgan fingerprint density at radius 2 is 1.75 bits per heavy atom. The summed E-state index contributed by atoms with van der Waals surface area (Å²) >= 11 is 0. The Hall–Kier alpha value is -4.75. The van der Waals surface area contributed by atoms with Crippen molar-refractivity contribution < 1.29 is 37.3 Å². The molecule has 4 aromatic rings. The zero-order valence-corrected chi connectivity index (χ0v) is 24.8. The molecule has 0 aliphatic carbocycles. The number of nitrogens with zero attached hydrogens (tertiary/aromatic N) is 3. The van der Waals surface area contributed by atoms with Gasteiger partial charge in [0, 0.05) is 68.7 Å². The van der Waals surface area contributed by atoms with E-state index in [2.05, 4.69) is 20.2 Å². The Morgan fingerprint density at radius 1 is 0.977 bits per heavy atom. The number of methoxy groups -OCH3 is 2. The highest BCUT2D eigenvalue weighted by Crippen LogP contribution is 2.38. The molecular formula is C31H35F2N5O6. The fourth-order valence-corrected chi connectivity index (χ4v) is 4.43. The molecule has 11 nitrogen and oxygen atoms in total. The zero-order valence-electron chi connectivity index (χ0n) is 24.8. The summed E-state index contributed by atoms with van der Waals surface area (Å²) in [6.07, 6.45) is 4.46. The molecule has 0 bridgehead atoms. The lowest BCUT2D eigenvalue weighted by molar-refractivity contribution is 0.0357. The van der Waals surface area contributed by atoms with Crippen LogP contribution in [0.15, 0.2) is 48.8 Å². The lowest BCUT2D eigenvalue weighted by Crippen LogP contribution is -2.37. The van der Waals surface area contributed by atoms with Gasteiger partial charge in [0.25, 0.3) is 0 Å². The number of aromatic nitrogens is 2. The van der Waals surface area contributed by atoms with E-state index < -0.39 is 11.6 Å². The van der Waals surface area contributed by atoms with Gasteiger partial charge < -0.3 is 34.7 Å². The van der Waals surface area contributed by atoms with Crippen LogP contribution in [-0.4, -0.2) is 81.9 Å². The number of nitrogens with two attached hydrogens (primary N) is 1. The fraction of sp³-hybridized carbons (Fsp3) is 0.323. The molecule has 2 aromatic carbocycles. The number of anilines is 2. The summed E-state index contributed by atoms with van der Waals surface area (Å²) in [5.74, 6) is 0.667. The number of rotatable bonds is 11. The number of fused-ring (bicyclic) bond motifs is 1. The molecule has 3 heterocycles. The zero-order chi connectivity index (χ0) is 31.5. The average Bonchev–Trinajstić information content (AvgIpc) is 3.05. The Balaban J connectivity index is 0.000000339. The largest absolute Gasteiger partial charge is 0.496 e. The van der Waals surface area contributed by atoms with Gasteiger partial charge >= 0.3 is 0 Å². The minimum atomic E-state index is -0.683. The second-order valence-corrected chi connectivity index (χ2v) is 9.57. The number of carbonyl (C=O) groups is 1. The lowest BCUT2D eigenvalue weighted by Gasteiger charge is -2.26. The molecule has 1 aliphatic rings. The Bertz CT molecular complexity index is 1570. The van der Waals surface area contributed by atoms with Crippen molar-refractivity contribution in [2.75, 3.05) is 71.8 Å². The van der Waals surface area contributed by atoms with Crippen molar-refractivity contribution in [2.45, 2.75) is 6.42 Å². The van der Waals surface area contributed by atoms with E-state index in [0.717, 1.165) is 51.4 Å². The number of halogens is 2. The first-order chi connectivity index (χ1) is 21.4. The second-order valence-electron chi connectivity index (χ2n) is 9.57. The number of hydrogen-bond donors (Lipinski definition) is 2. The molecule has 0 amide bonds. The first-order valence-corrected chi connectivity index (χ1v) is 13.9. The van der Waals surface area contributed by atoms with Gasteiger partial charge in [0.1, 0.15) is 23.1 Å². The molecule has 1 aliphatic heterocycles. The van der Waals surface area contributed by atoms with Crippen LogP contribution in [0, 0.1) is 11.6 Å². The monoisotopic (exact) mass is 611 g/mol. The number of nitrogen functional groups attached to an aromatic ring is 1. The molecule has 3 N–H and O–H groups in total. The van der Waals surface area contributed by atoms with Gasteiger partial charge in [-0.1, -0.05) is 0 Å². The molecule has 2 aromatic heterocycles. The Labute approximate surface area is 253 Å². The van der Waals surface area contributed by atoms with Gasteiger partial charge in [-0.25, -0.2) is 13.8 Å². The van der Waals surface area contributed by atoms with Gasteiger partial charge in [-0.2, -0.15) is 0 Å². The molecule has 0 saturated carbocycles. The van der Waals surface area contributed by atoms with Crippen LogP contribution in [0.25, 0.3) is 10.9 Å². The van der Waals surface area contributed by atoms with Gasteiger partial charge in [0.2, 0.25) is 0 Å². The predicted molar refractivity (Wildman–Crippen MR) is 162 cm³/mol. The van der Waals surface area contributed by atoms with E-state index in [-0.39, 0.29) is 11.4 Å². The molecule has 0 atom stereocenters. The lowest BCUT2D eigenvalue weighted by atomic mass is 10.1. The molecule has 13 heteroatoms. The Kier molecular flexibility index (Phi) is 11.4. The van der Waals surface area contributed by atoms with Gasteiger partial charge in [0.05, 0.1) is 50.8 Å². The minimum Gasteiger partial charge on any atom is -0.496 e. The number of nitrogens with one attached hydrogen (secondary N) is 1. The van der Waals surface area contributed by atoms with Gasteiger partial charge in [-0.15, -0.1) is 0 Å². The summed E-state index contributed by atoms with van der Waals surface area (Å²) in [4.78, 5) is 20.8. The highest BCUT2D eigenvalue weighted by molar-refractivity contribution is 5.88. The molecule has 0 unspecified atom stereocenters. The van der Waals surface area contributed by atoms with Gasteiger partial charge in [0.15, 0.2) is 29.4 Å². The van der Waals surface area contributed by atoms with Crippen LogP contribution in [0.1, 0.15) is 16.8 Å². The molecule has 1 saturated heterocycles. The smallest absolute Gasteiger partial charge is 0.167 e. The van der Waals surface area contributed by atoms with Crippen molar-refractivity contribution >= 4 is 28.7 Å². The van der Waals surface area contributed by atoms with Crippen molar-refractivity contribution in [3.63, 3.8) is 0 Å². The van der Waals surface area contributed by atoms with Crippen LogP contribution in [0.3, 0.4) is 0 Å². The summed E-state index contributed by atoms with van der Waals surface area (Å²) in [6.45, 7) is 4.88. The number of morpholine rings is 1. The molecule has 5 rings (SSSR count). The predicted octanol–water partition coefficient (Wildman–Crippen LogP) is 4.94. The molecule has 0 spiro atoms.